The van der Waals surface area contributed by atoms with Gasteiger partial charge in [0.15, 0.2) is 5.57 Å². The molecule has 2 aromatic rings. The Morgan fingerprint density at radius 3 is 2.41 bits per heavy atom. The molecule has 2 heterocycles. The van der Waals surface area contributed by atoms with Crippen LogP contribution in [0.5, 0.6) is 0 Å². The molecule has 0 amide bonds. The largest absolute Gasteiger partial charge is 0.462 e. The summed E-state index contributed by atoms with van der Waals surface area (Å²) in [5.41, 5.74) is 2.18. The van der Waals surface area contributed by atoms with Crippen LogP contribution in [-0.4, -0.2) is 40.1 Å². The van der Waals surface area contributed by atoms with Crippen LogP contribution in [0.4, 0.5) is 5.69 Å². The first-order valence-corrected chi connectivity index (χ1v) is 8.97. The van der Waals surface area contributed by atoms with Gasteiger partial charge in [0.05, 0.1) is 24.2 Å². The fourth-order valence-corrected chi connectivity index (χ4v) is 2.71. The number of benzene rings is 1. The van der Waals surface area contributed by atoms with Gasteiger partial charge < -0.3 is 19.5 Å². The molecule has 1 aromatic heterocycles. The molecular weight excluding hydrogens is 378 g/mol. The molecule has 1 saturated heterocycles. The Morgan fingerprint density at radius 1 is 1.21 bits per heavy atom. The first kappa shape index (κ1) is 20.1. The zero-order valence-corrected chi connectivity index (χ0v) is 16.5. The van der Waals surface area contributed by atoms with E-state index in [1.807, 2.05) is 0 Å². The van der Waals surface area contributed by atoms with Gasteiger partial charge in [-0.15, -0.1) is 0 Å². The van der Waals surface area contributed by atoms with Crippen molar-refractivity contribution in [1.29, 1.82) is 0 Å². The SMILES string of the molecule is CCOC(=O)c1cnn(-c2ccc(NC=C3C(=O)OC(C)(C)OC3=O)cc2)c1C. The van der Waals surface area contributed by atoms with E-state index in [-0.39, 0.29) is 12.2 Å². The molecule has 0 saturated carbocycles. The van der Waals surface area contributed by atoms with Crippen molar-refractivity contribution in [3.8, 4) is 5.69 Å². The van der Waals surface area contributed by atoms with E-state index >= 15 is 0 Å². The van der Waals surface area contributed by atoms with Crippen LogP contribution in [0.15, 0.2) is 42.2 Å². The molecule has 1 aliphatic rings. The van der Waals surface area contributed by atoms with Crippen molar-refractivity contribution in [3.63, 3.8) is 0 Å². The van der Waals surface area contributed by atoms with E-state index in [0.717, 1.165) is 5.69 Å². The van der Waals surface area contributed by atoms with Gasteiger partial charge in [-0.1, -0.05) is 0 Å². The summed E-state index contributed by atoms with van der Waals surface area (Å²) in [6.07, 6.45) is 2.71. The number of aromatic nitrogens is 2. The predicted octanol–water partition coefficient (Wildman–Crippen LogP) is 2.49. The van der Waals surface area contributed by atoms with Crippen molar-refractivity contribution in [2.24, 2.45) is 0 Å². The lowest BCUT2D eigenvalue weighted by molar-refractivity contribution is -0.222. The Kier molecular flexibility index (Phi) is 5.40. The van der Waals surface area contributed by atoms with E-state index in [4.69, 9.17) is 14.2 Å². The molecule has 29 heavy (non-hydrogen) atoms. The molecule has 0 atom stereocenters. The van der Waals surface area contributed by atoms with E-state index < -0.39 is 23.7 Å². The van der Waals surface area contributed by atoms with Crippen molar-refractivity contribution in [2.75, 3.05) is 11.9 Å². The van der Waals surface area contributed by atoms with Crippen molar-refractivity contribution < 1.29 is 28.6 Å². The molecule has 3 rings (SSSR count). The van der Waals surface area contributed by atoms with Crippen LogP contribution in [0.25, 0.3) is 5.69 Å². The van der Waals surface area contributed by atoms with Gasteiger partial charge >= 0.3 is 17.9 Å². The van der Waals surface area contributed by atoms with Gasteiger partial charge in [-0.3, -0.25) is 0 Å². The Balaban J connectivity index is 1.74. The lowest BCUT2D eigenvalue weighted by Crippen LogP contribution is -2.42. The monoisotopic (exact) mass is 399 g/mol. The molecule has 0 spiro atoms. The molecule has 152 valence electrons. The number of carbonyl (C=O) groups excluding carboxylic acids is 3. The normalized spacial score (nSPS) is 15.4. The van der Waals surface area contributed by atoms with Gasteiger partial charge in [0.25, 0.3) is 5.79 Å². The highest BCUT2D eigenvalue weighted by molar-refractivity contribution is 6.15. The highest BCUT2D eigenvalue weighted by atomic mass is 16.7. The zero-order valence-electron chi connectivity index (χ0n) is 16.5. The molecule has 1 N–H and O–H groups in total. The van der Waals surface area contributed by atoms with Crippen molar-refractivity contribution in [1.82, 2.24) is 9.78 Å². The Labute approximate surface area is 167 Å². The fourth-order valence-electron chi connectivity index (χ4n) is 2.71. The summed E-state index contributed by atoms with van der Waals surface area (Å²) >= 11 is 0. The van der Waals surface area contributed by atoms with Crippen LogP contribution in [0, 0.1) is 6.92 Å². The standard InChI is InChI=1S/C20H21N3O6/c1-5-27-17(24)15-11-22-23(12(15)2)14-8-6-13(7-9-14)21-10-16-18(25)28-20(3,4)29-19(16)26/h6-11,21H,5H2,1-4H3. The number of hydrogen-bond donors (Lipinski definition) is 1. The first-order chi connectivity index (χ1) is 13.7. The summed E-state index contributed by atoms with van der Waals surface area (Å²) in [6.45, 7) is 6.77. The van der Waals surface area contributed by atoms with Crippen LogP contribution >= 0.6 is 0 Å². The average Bonchev–Trinajstić information content (AvgIpc) is 3.02. The number of esters is 3. The predicted molar refractivity (Wildman–Crippen MR) is 102 cm³/mol. The molecule has 1 aromatic carbocycles. The van der Waals surface area contributed by atoms with Crippen molar-refractivity contribution in [3.05, 3.63) is 53.5 Å². The quantitative estimate of drug-likeness (QED) is 0.464. The first-order valence-electron chi connectivity index (χ1n) is 8.97. The summed E-state index contributed by atoms with van der Waals surface area (Å²) in [5.74, 6) is -3.21. The summed E-state index contributed by atoms with van der Waals surface area (Å²) in [7, 11) is 0. The number of rotatable bonds is 5. The minimum Gasteiger partial charge on any atom is -0.462 e. The minimum atomic E-state index is -1.28. The zero-order chi connectivity index (χ0) is 21.2. The van der Waals surface area contributed by atoms with Crippen LogP contribution < -0.4 is 5.32 Å². The summed E-state index contributed by atoms with van der Waals surface area (Å²) in [6, 6.07) is 7.02. The average molecular weight is 399 g/mol. The minimum absolute atomic E-state index is 0.226. The molecule has 9 nitrogen and oxygen atoms in total. The van der Waals surface area contributed by atoms with E-state index in [9.17, 15) is 14.4 Å². The highest BCUT2D eigenvalue weighted by Crippen LogP contribution is 2.23. The fraction of sp³-hybridized carbons (Fsp3) is 0.300. The van der Waals surface area contributed by atoms with Gasteiger partial charge in [0.1, 0.15) is 5.56 Å². The second-order valence-electron chi connectivity index (χ2n) is 6.70. The smallest absolute Gasteiger partial charge is 0.350 e. The Hall–Kier alpha value is -3.62. The number of ether oxygens (including phenoxy) is 3. The topological polar surface area (TPSA) is 109 Å². The third-order valence-corrected chi connectivity index (χ3v) is 4.12. The summed E-state index contributed by atoms with van der Waals surface area (Å²) in [4.78, 5) is 35.8. The van der Waals surface area contributed by atoms with Gasteiger partial charge in [0, 0.05) is 25.7 Å². The number of cyclic esters (lactones) is 2. The van der Waals surface area contributed by atoms with E-state index in [1.165, 1.54) is 26.2 Å². The molecule has 0 bridgehead atoms. The van der Waals surface area contributed by atoms with Crippen LogP contribution in [0.2, 0.25) is 0 Å². The van der Waals surface area contributed by atoms with Crippen molar-refractivity contribution in [2.45, 2.75) is 33.5 Å². The molecule has 0 aliphatic carbocycles. The number of anilines is 1. The lowest BCUT2D eigenvalue weighted by Gasteiger charge is -2.29. The third kappa shape index (κ3) is 4.29. The number of nitrogens with one attached hydrogen (secondary N) is 1. The maximum absolute atomic E-state index is 11.9. The number of hydrogen-bond acceptors (Lipinski definition) is 8. The molecule has 0 radical (unpaired) electrons. The number of carbonyl (C=O) groups is 3. The van der Waals surface area contributed by atoms with Gasteiger partial charge in [0.2, 0.25) is 0 Å². The summed E-state index contributed by atoms with van der Waals surface area (Å²) in [5, 5.41) is 7.10. The van der Waals surface area contributed by atoms with Crippen LogP contribution in [0.3, 0.4) is 0 Å². The van der Waals surface area contributed by atoms with E-state index in [1.54, 1.807) is 42.8 Å². The van der Waals surface area contributed by atoms with Gasteiger partial charge in [-0.05, 0) is 38.1 Å². The second-order valence-corrected chi connectivity index (χ2v) is 6.70. The molecule has 1 fully saturated rings. The van der Waals surface area contributed by atoms with Crippen LogP contribution in [0.1, 0.15) is 36.8 Å². The molecule has 9 heteroatoms. The highest BCUT2D eigenvalue weighted by Gasteiger charge is 2.38. The number of nitrogens with zero attached hydrogens (tertiary/aromatic N) is 2. The van der Waals surface area contributed by atoms with Gasteiger partial charge in [-0.25, -0.2) is 19.1 Å². The second kappa shape index (κ2) is 7.78. The third-order valence-electron chi connectivity index (χ3n) is 4.12. The Morgan fingerprint density at radius 2 is 1.83 bits per heavy atom. The van der Waals surface area contributed by atoms with Gasteiger partial charge in [-0.2, -0.15) is 5.10 Å². The molecule has 1 aliphatic heterocycles. The maximum Gasteiger partial charge on any atom is 0.350 e. The van der Waals surface area contributed by atoms with E-state index in [2.05, 4.69) is 10.4 Å². The molecule has 0 unspecified atom stereocenters. The van der Waals surface area contributed by atoms with Crippen LogP contribution in [-0.2, 0) is 23.8 Å². The van der Waals surface area contributed by atoms with Crippen molar-refractivity contribution >= 4 is 23.6 Å². The maximum atomic E-state index is 11.9. The Bertz CT molecular complexity index is 966. The summed E-state index contributed by atoms with van der Waals surface area (Å²) < 4.78 is 16.7. The van der Waals surface area contributed by atoms with E-state index in [0.29, 0.717) is 16.9 Å². The molecular formula is C20H21N3O6. The lowest BCUT2D eigenvalue weighted by atomic mass is 10.2.